The summed E-state index contributed by atoms with van der Waals surface area (Å²) in [5.74, 6) is 0. The van der Waals surface area contributed by atoms with Gasteiger partial charge in [-0.3, -0.25) is 0 Å². The van der Waals surface area contributed by atoms with Crippen molar-refractivity contribution in [3.05, 3.63) is 0 Å². The zero-order valence-electron chi connectivity index (χ0n) is 6.89. The molecule has 2 heterocycles. The molecule has 10 heavy (non-hydrogen) atoms. The topological polar surface area (TPSA) is 21.3 Å². The summed E-state index contributed by atoms with van der Waals surface area (Å²) in [5.41, 5.74) is 0. The fraction of sp³-hybridized carbons (Fsp3) is 1.00. The smallest absolute Gasteiger partial charge is 0.0620 e. The summed E-state index contributed by atoms with van der Waals surface area (Å²) in [6.07, 6.45) is 2.65. The number of fused-ring (bicyclic) bond motifs is 2. The molecule has 2 heteroatoms. The molecule has 2 aliphatic heterocycles. The molecule has 0 amide bonds. The first-order chi connectivity index (χ1) is 4.95. The maximum Gasteiger partial charge on any atom is 0.0620 e. The largest absolute Gasteiger partial charge is 0.378 e. The SMILES string of the molecule is C1CC2COCC1N2.CC.[HH]. The molecule has 2 atom stereocenters. The first-order valence-electron chi connectivity index (χ1n) is 4.29. The van der Waals surface area contributed by atoms with Crippen LogP contribution in [0.25, 0.3) is 0 Å². The molecular formula is C8H19NO. The summed E-state index contributed by atoms with van der Waals surface area (Å²) < 4.78 is 5.29. The predicted molar refractivity (Wildman–Crippen MR) is 44.2 cm³/mol. The van der Waals surface area contributed by atoms with Gasteiger partial charge in [-0.2, -0.15) is 0 Å². The zero-order chi connectivity index (χ0) is 7.40. The van der Waals surface area contributed by atoms with E-state index in [1.165, 1.54) is 12.8 Å². The molecule has 2 rings (SSSR count). The van der Waals surface area contributed by atoms with E-state index in [4.69, 9.17) is 4.74 Å². The summed E-state index contributed by atoms with van der Waals surface area (Å²) in [7, 11) is 0. The molecule has 0 saturated carbocycles. The van der Waals surface area contributed by atoms with Crippen molar-refractivity contribution in [2.75, 3.05) is 13.2 Å². The van der Waals surface area contributed by atoms with Crippen molar-refractivity contribution >= 4 is 0 Å². The maximum atomic E-state index is 5.29. The second-order valence-electron chi connectivity index (χ2n) is 2.68. The number of hydrogen-bond acceptors (Lipinski definition) is 2. The van der Waals surface area contributed by atoms with Gasteiger partial charge in [0.1, 0.15) is 0 Å². The summed E-state index contributed by atoms with van der Waals surface area (Å²) in [4.78, 5) is 0. The minimum Gasteiger partial charge on any atom is -0.378 e. The van der Waals surface area contributed by atoms with Crippen LogP contribution in [0.3, 0.4) is 0 Å². The van der Waals surface area contributed by atoms with Gasteiger partial charge < -0.3 is 10.1 Å². The molecule has 0 spiro atoms. The standard InChI is InChI=1S/C6H11NO.C2H6.H2/c1-2-6-4-8-3-5(1)7-6;1-2;/h5-7H,1-4H2;1-2H3;1H. The molecule has 0 aliphatic carbocycles. The van der Waals surface area contributed by atoms with Crippen LogP contribution in [0.2, 0.25) is 0 Å². The molecule has 1 N–H and O–H groups in total. The van der Waals surface area contributed by atoms with Gasteiger partial charge in [-0.05, 0) is 12.8 Å². The molecule has 2 unspecified atom stereocenters. The summed E-state index contributed by atoms with van der Waals surface area (Å²) >= 11 is 0. The third kappa shape index (κ3) is 1.70. The lowest BCUT2D eigenvalue weighted by Crippen LogP contribution is -2.41. The predicted octanol–water partition coefficient (Wildman–Crippen LogP) is 1.41. The first kappa shape index (κ1) is 8.02. The minimum absolute atomic E-state index is 0. The summed E-state index contributed by atoms with van der Waals surface area (Å²) in [5, 5.41) is 3.47. The average Bonchev–Trinajstić information content (AvgIpc) is 2.35. The third-order valence-electron chi connectivity index (χ3n) is 1.97. The van der Waals surface area contributed by atoms with Gasteiger partial charge in [-0.1, -0.05) is 13.8 Å². The monoisotopic (exact) mass is 145 g/mol. The molecule has 0 aromatic heterocycles. The molecule has 2 fully saturated rings. The van der Waals surface area contributed by atoms with E-state index in [0.29, 0.717) is 12.1 Å². The first-order valence-corrected chi connectivity index (χ1v) is 4.29. The van der Waals surface area contributed by atoms with Crippen molar-refractivity contribution in [3.63, 3.8) is 0 Å². The molecule has 0 radical (unpaired) electrons. The van der Waals surface area contributed by atoms with Crippen LogP contribution < -0.4 is 5.32 Å². The van der Waals surface area contributed by atoms with Crippen LogP contribution in [0, 0.1) is 0 Å². The number of nitrogens with one attached hydrogen (secondary N) is 1. The van der Waals surface area contributed by atoms with E-state index in [2.05, 4.69) is 5.32 Å². The average molecular weight is 145 g/mol. The van der Waals surface area contributed by atoms with Crippen molar-refractivity contribution in [3.8, 4) is 0 Å². The molecule has 0 aromatic rings. The van der Waals surface area contributed by atoms with E-state index >= 15 is 0 Å². The Labute approximate surface area is 64.4 Å². The fourth-order valence-corrected chi connectivity index (χ4v) is 1.52. The van der Waals surface area contributed by atoms with Crippen LogP contribution >= 0.6 is 0 Å². The number of hydrogen-bond donors (Lipinski definition) is 1. The van der Waals surface area contributed by atoms with Gasteiger partial charge in [0.2, 0.25) is 0 Å². The van der Waals surface area contributed by atoms with Crippen LogP contribution in [0.1, 0.15) is 28.1 Å². The van der Waals surface area contributed by atoms with Crippen LogP contribution in [0.5, 0.6) is 0 Å². The van der Waals surface area contributed by atoms with Gasteiger partial charge in [-0.15, -0.1) is 0 Å². The molecule has 2 saturated heterocycles. The van der Waals surface area contributed by atoms with E-state index in [1.54, 1.807) is 0 Å². The molecule has 2 bridgehead atoms. The van der Waals surface area contributed by atoms with Crippen molar-refractivity contribution < 1.29 is 6.16 Å². The van der Waals surface area contributed by atoms with E-state index in [0.717, 1.165) is 13.2 Å². The van der Waals surface area contributed by atoms with Gasteiger partial charge in [0.25, 0.3) is 0 Å². The third-order valence-corrected chi connectivity index (χ3v) is 1.97. The molecule has 2 nitrogen and oxygen atoms in total. The molecule has 0 aromatic carbocycles. The second-order valence-corrected chi connectivity index (χ2v) is 2.68. The van der Waals surface area contributed by atoms with Crippen LogP contribution in [-0.2, 0) is 4.74 Å². The van der Waals surface area contributed by atoms with Crippen molar-refractivity contribution in [1.82, 2.24) is 5.32 Å². The Hall–Kier alpha value is -0.0800. The Morgan fingerprint density at radius 3 is 2.10 bits per heavy atom. The van der Waals surface area contributed by atoms with Crippen LogP contribution in [0.4, 0.5) is 0 Å². The Bertz CT molecular complexity index is 86.1. The Balaban J connectivity index is 0.000000311. The van der Waals surface area contributed by atoms with Gasteiger partial charge >= 0.3 is 0 Å². The highest BCUT2D eigenvalue weighted by Gasteiger charge is 2.27. The maximum absolute atomic E-state index is 5.29. The van der Waals surface area contributed by atoms with Crippen molar-refractivity contribution in [2.45, 2.75) is 38.8 Å². The lowest BCUT2D eigenvalue weighted by Gasteiger charge is -2.20. The lowest BCUT2D eigenvalue weighted by atomic mass is 10.2. The van der Waals surface area contributed by atoms with E-state index in [1.807, 2.05) is 13.8 Å². The van der Waals surface area contributed by atoms with Gasteiger partial charge in [0.15, 0.2) is 0 Å². The van der Waals surface area contributed by atoms with E-state index in [-0.39, 0.29) is 1.43 Å². The summed E-state index contributed by atoms with van der Waals surface area (Å²) in [6, 6.07) is 1.38. The molecule has 62 valence electrons. The van der Waals surface area contributed by atoms with Gasteiger partial charge in [-0.25, -0.2) is 0 Å². The van der Waals surface area contributed by atoms with Crippen molar-refractivity contribution in [1.29, 1.82) is 0 Å². The zero-order valence-corrected chi connectivity index (χ0v) is 6.89. The van der Waals surface area contributed by atoms with Crippen LogP contribution in [-0.4, -0.2) is 25.3 Å². The highest BCUT2D eigenvalue weighted by Crippen LogP contribution is 2.16. The molecule has 2 aliphatic rings. The normalized spacial score (nSPS) is 36.6. The van der Waals surface area contributed by atoms with Gasteiger partial charge in [0, 0.05) is 13.5 Å². The summed E-state index contributed by atoms with van der Waals surface area (Å²) in [6.45, 7) is 5.88. The highest BCUT2D eigenvalue weighted by molar-refractivity contribution is 4.86. The van der Waals surface area contributed by atoms with Crippen molar-refractivity contribution in [2.24, 2.45) is 0 Å². The molecular weight excluding hydrogens is 126 g/mol. The number of ether oxygens (including phenoxy) is 1. The highest BCUT2D eigenvalue weighted by atomic mass is 16.5. The Kier molecular flexibility index (Phi) is 3.16. The van der Waals surface area contributed by atoms with E-state index in [9.17, 15) is 0 Å². The van der Waals surface area contributed by atoms with Gasteiger partial charge in [0.05, 0.1) is 13.2 Å². The number of morpholine rings is 1. The Morgan fingerprint density at radius 2 is 1.70 bits per heavy atom. The number of rotatable bonds is 0. The Morgan fingerprint density at radius 1 is 1.20 bits per heavy atom. The lowest BCUT2D eigenvalue weighted by molar-refractivity contribution is 0.0728. The second kappa shape index (κ2) is 3.94. The van der Waals surface area contributed by atoms with E-state index < -0.39 is 0 Å². The fourth-order valence-electron chi connectivity index (χ4n) is 1.52. The van der Waals surface area contributed by atoms with Crippen LogP contribution in [0.15, 0.2) is 0 Å². The minimum atomic E-state index is 0. The quantitative estimate of drug-likeness (QED) is 0.556.